The molecule has 6 heteroatoms. The summed E-state index contributed by atoms with van der Waals surface area (Å²) < 4.78 is 0. The van der Waals surface area contributed by atoms with Crippen molar-refractivity contribution in [3.05, 3.63) is 0 Å². The molecule has 2 amide bonds. The van der Waals surface area contributed by atoms with Gasteiger partial charge in [0.2, 0.25) is 11.8 Å². The van der Waals surface area contributed by atoms with E-state index in [1.54, 1.807) is 0 Å². The van der Waals surface area contributed by atoms with Crippen LogP contribution in [0.3, 0.4) is 0 Å². The van der Waals surface area contributed by atoms with Gasteiger partial charge in [0.25, 0.3) is 0 Å². The van der Waals surface area contributed by atoms with Gasteiger partial charge >= 0.3 is 0 Å². The molecule has 5 nitrogen and oxygen atoms in total. The normalized spacial score (nSPS) is 32.5. The first-order valence-electron chi connectivity index (χ1n) is 6.00. The van der Waals surface area contributed by atoms with Crippen LogP contribution in [0.5, 0.6) is 0 Å². The largest absolute Gasteiger partial charge is 0.350 e. The molecule has 2 saturated heterocycles. The van der Waals surface area contributed by atoms with Crippen LogP contribution in [0, 0.1) is 0 Å². The number of halogens is 1. The molecule has 2 rings (SSSR count). The van der Waals surface area contributed by atoms with Crippen LogP contribution in [0.25, 0.3) is 0 Å². The lowest BCUT2D eigenvalue weighted by Crippen LogP contribution is -2.55. The third-order valence-electron chi connectivity index (χ3n) is 3.40. The minimum atomic E-state index is -0.318. The number of hydrogen-bond acceptors (Lipinski definition) is 3. The molecule has 0 aliphatic carbocycles. The van der Waals surface area contributed by atoms with Gasteiger partial charge in [-0.1, -0.05) is 0 Å². The fourth-order valence-corrected chi connectivity index (χ4v) is 2.34. The summed E-state index contributed by atoms with van der Waals surface area (Å²) in [7, 11) is 0. The van der Waals surface area contributed by atoms with E-state index >= 15 is 0 Å². The minimum Gasteiger partial charge on any atom is -0.350 e. The summed E-state index contributed by atoms with van der Waals surface area (Å²) in [6.07, 6.45) is 3.20. The molecule has 2 heterocycles. The lowest BCUT2D eigenvalue weighted by Gasteiger charge is -2.31. The Morgan fingerprint density at radius 3 is 2.76 bits per heavy atom. The summed E-state index contributed by atoms with van der Waals surface area (Å²) in [5.41, 5.74) is 0. The SMILES string of the molecule is CC1NCCCC1NC(=O)[C@@H]1CCC(=O)N1.Cl. The molecule has 2 fully saturated rings. The molecular formula is C11H20ClN3O2. The number of amides is 2. The van der Waals surface area contributed by atoms with Gasteiger partial charge in [0, 0.05) is 18.5 Å². The quantitative estimate of drug-likeness (QED) is 0.653. The van der Waals surface area contributed by atoms with E-state index < -0.39 is 0 Å². The van der Waals surface area contributed by atoms with Crippen LogP contribution < -0.4 is 16.0 Å². The number of nitrogens with one attached hydrogen (secondary N) is 3. The summed E-state index contributed by atoms with van der Waals surface area (Å²) in [6.45, 7) is 3.10. The summed E-state index contributed by atoms with van der Waals surface area (Å²) in [6, 6.07) is 0.190. The van der Waals surface area contributed by atoms with Gasteiger partial charge in [0.15, 0.2) is 0 Å². The Bertz CT molecular complexity index is 298. The van der Waals surface area contributed by atoms with Crippen LogP contribution in [0.4, 0.5) is 0 Å². The number of carbonyl (C=O) groups excluding carboxylic acids is 2. The van der Waals surface area contributed by atoms with E-state index in [0.717, 1.165) is 19.4 Å². The second-order valence-corrected chi connectivity index (χ2v) is 4.66. The number of carbonyl (C=O) groups is 2. The van der Waals surface area contributed by atoms with E-state index in [-0.39, 0.29) is 36.3 Å². The first-order chi connectivity index (χ1) is 7.66. The molecule has 0 radical (unpaired) electrons. The highest BCUT2D eigenvalue weighted by molar-refractivity contribution is 5.90. The predicted octanol–water partition coefficient (Wildman–Crippen LogP) is -0.0565. The molecule has 3 N–H and O–H groups in total. The maximum Gasteiger partial charge on any atom is 0.242 e. The Kier molecular flexibility index (Phi) is 5.21. The van der Waals surface area contributed by atoms with Gasteiger partial charge in [-0.05, 0) is 32.7 Å². The van der Waals surface area contributed by atoms with E-state index in [1.165, 1.54) is 0 Å². The Balaban J connectivity index is 0.00000144. The zero-order valence-corrected chi connectivity index (χ0v) is 10.8. The fourth-order valence-electron chi connectivity index (χ4n) is 2.34. The van der Waals surface area contributed by atoms with Gasteiger partial charge in [0.1, 0.15) is 6.04 Å². The van der Waals surface area contributed by atoms with Crippen molar-refractivity contribution in [1.82, 2.24) is 16.0 Å². The highest BCUT2D eigenvalue weighted by atomic mass is 35.5. The Morgan fingerprint density at radius 2 is 2.18 bits per heavy atom. The average Bonchev–Trinajstić information content (AvgIpc) is 2.68. The van der Waals surface area contributed by atoms with Gasteiger partial charge in [-0.15, -0.1) is 12.4 Å². The molecule has 2 aliphatic heterocycles. The van der Waals surface area contributed by atoms with Gasteiger partial charge < -0.3 is 16.0 Å². The van der Waals surface area contributed by atoms with Crippen LogP contribution >= 0.6 is 12.4 Å². The molecular weight excluding hydrogens is 242 g/mol. The lowest BCUT2D eigenvalue weighted by molar-refractivity contribution is -0.126. The van der Waals surface area contributed by atoms with E-state index in [1.807, 2.05) is 0 Å². The minimum absolute atomic E-state index is 0. The van der Waals surface area contributed by atoms with Crippen LogP contribution in [0.15, 0.2) is 0 Å². The number of rotatable bonds is 2. The second-order valence-electron chi connectivity index (χ2n) is 4.66. The van der Waals surface area contributed by atoms with E-state index in [2.05, 4.69) is 22.9 Å². The third kappa shape index (κ3) is 3.57. The Hall–Kier alpha value is -0.810. The van der Waals surface area contributed by atoms with Crippen molar-refractivity contribution in [3.8, 4) is 0 Å². The second kappa shape index (κ2) is 6.21. The third-order valence-corrected chi connectivity index (χ3v) is 3.40. The molecule has 0 aromatic carbocycles. The zero-order chi connectivity index (χ0) is 11.5. The van der Waals surface area contributed by atoms with Crippen LogP contribution in [-0.2, 0) is 9.59 Å². The monoisotopic (exact) mass is 261 g/mol. The van der Waals surface area contributed by atoms with Gasteiger partial charge in [-0.3, -0.25) is 9.59 Å². The zero-order valence-electron chi connectivity index (χ0n) is 9.99. The van der Waals surface area contributed by atoms with Crippen molar-refractivity contribution in [1.29, 1.82) is 0 Å². The molecule has 0 bridgehead atoms. The standard InChI is InChI=1S/C11H19N3O2.ClH/c1-7-8(3-2-6-12-7)14-11(16)9-4-5-10(15)13-9;/h7-9,12H,2-6H2,1H3,(H,13,15)(H,14,16);1H/t7?,8?,9-;/m0./s1. The molecule has 0 saturated carbocycles. The summed E-state index contributed by atoms with van der Waals surface area (Å²) in [5, 5.41) is 9.04. The molecule has 3 atom stereocenters. The molecule has 2 aliphatic rings. The summed E-state index contributed by atoms with van der Waals surface area (Å²) in [5.74, 6) is -0.0543. The first kappa shape index (κ1) is 14.3. The fraction of sp³-hybridized carbons (Fsp3) is 0.818. The number of piperidine rings is 1. The lowest BCUT2D eigenvalue weighted by atomic mass is 9.99. The Morgan fingerprint density at radius 1 is 1.41 bits per heavy atom. The van der Waals surface area contributed by atoms with Crippen molar-refractivity contribution >= 4 is 24.2 Å². The van der Waals surface area contributed by atoms with Crippen molar-refractivity contribution in [3.63, 3.8) is 0 Å². The van der Waals surface area contributed by atoms with Gasteiger partial charge in [0.05, 0.1) is 0 Å². The highest BCUT2D eigenvalue weighted by Crippen LogP contribution is 2.11. The van der Waals surface area contributed by atoms with Gasteiger partial charge in [-0.2, -0.15) is 0 Å². The van der Waals surface area contributed by atoms with Crippen LogP contribution in [0.1, 0.15) is 32.6 Å². The van der Waals surface area contributed by atoms with E-state index in [0.29, 0.717) is 18.9 Å². The molecule has 0 aromatic rings. The van der Waals surface area contributed by atoms with Crippen molar-refractivity contribution in [2.24, 2.45) is 0 Å². The van der Waals surface area contributed by atoms with Crippen molar-refractivity contribution in [2.45, 2.75) is 50.7 Å². The molecule has 98 valence electrons. The smallest absolute Gasteiger partial charge is 0.242 e. The summed E-state index contributed by atoms with van der Waals surface area (Å²) in [4.78, 5) is 22.9. The number of hydrogen-bond donors (Lipinski definition) is 3. The maximum absolute atomic E-state index is 11.9. The van der Waals surface area contributed by atoms with Crippen LogP contribution in [-0.4, -0.2) is 36.5 Å². The maximum atomic E-state index is 11.9. The predicted molar refractivity (Wildman–Crippen MR) is 67.0 cm³/mol. The highest BCUT2D eigenvalue weighted by Gasteiger charge is 2.30. The first-order valence-corrected chi connectivity index (χ1v) is 6.00. The summed E-state index contributed by atoms with van der Waals surface area (Å²) >= 11 is 0. The molecule has 0 spiro atoms. The Labute approximate surface area is 108 Å². The van der Waals surface area contributed by atoms with E-state index in [4.69, 9.17) is 0 Å². The molecule has 0 aromatic heterocycles. The van der Waals surface area contributed by atoms with Crippen molar-refractivity contribution < 1.29 is 9.59 Å². The average molecular weight is 262 g/mol. The van der Waals surface area contributed by atoms with Crippen LogP contribution in [0.2, 0.25) is 0 Å². The van der Waals surface area contributed by atoms with Crippen molar-refractivity contribution in [2.75, 3.05) is 6.54 Å². The van der Waals surface area contributed by atoms with E-state index in [9.17, 15) is 9.59 Å². The molecule has 2 unspecified atom stereocenters. The topological polar surface area (TPSA) is 70.2 Å². The molecule has 17 heavy (non-hydrogen) atoms. The van der Waals surface area contributed by atoms with Gasteiger partial charge in [-0.25, -0.2) is 0 Å².